The first kappa shape index (κ1) is 19.7. The highest BCUT2D eigenvalue weighted by molar-refractivity contribution is 5.67. The van der Waals surface area contributed by atoms with Crippen molar-refractivity contribution in [1.82, 2.24) is 0 Å². The Hall–Kier alpha value is -0.650. The van der Waals surface area contributed by atoms with Gasteiger partial charge in [0.15, 0.2) is 0 Å². The highest BCUT2D eigenvalue weighted by Gasteiger charge is 2.48. The van der Waals surface area contributed by atoms with Gasteiger partial charge in [0.2, 0.25) is 0 Å². The van der Waals surface area contributed by atoms with Gasteiger partial charge in [0.1, 0.15) is 6.61 Å². The summed E-state index contributed by atoms with van der Waals surface area (Å²) < 4.78 is 17.2. The lowest BCUT2D eigenvalue weighted by molar-refractivity contribution is -0.142. The Labute approximate surface area is 146 Å². The zero-order chi connectivity index (χ0) is 17.2. The third kappa shape index (κ3) is 6.34. The fourth-order valence-corrected chi connectivity index (χ4v) is 4.10. The van der Waals surface area contributed by atoms with Gasteiger partial charge in [-0.3, -0.25) is 0 Å². The maximum absolute atomic E-state index is 10.4. The van der Waals surface area contributed by atoms with E-state index in [0.29, 0.717) is 30.7 Å². The first-order valence-electron chi connectivity index (χ1n) is 9.75. The van der Waals surface area contributed by atoms with E-state index in [9.17, 15) is 4.79 Å². The predicted molar refractivity (Wildman–Crippen MR) is 92.1 cm³/mol. The molecular weight excluding hydrogens is 308 g/mol. The molecule has 5 heteroatoms. The van der Waals surface area contributed by atoms with Gasteiger partial charge in [-0.05, 0) is 38.0 Å². The van der Waals surface area contributed by atoms with Crippen LogP contribution in [0.4, 0.5) is 0 Å². The number of fused-ring (bicyclic) bond motifs is 2. The Kier molecular flexibility index (Phi) is 9.07. The zero-order valence-electron chi connectivity index (χ0n) is 15.1. The van der Waals surface area contributed by atoms with Gasteiger partial charge in [-0.1, -0.05) is 32.6 Å². The molecule has 140 valence electrons. The lowest BCUT2D eigenvalue weighted by Crippen LogP contribution is -2.31. The Bertz CT molecular complexity index is 360. The molecule has 0 aromatic carbocycles. The molecule has 0 aromatic rings. The summed E-state index contributed by atoms with van der Waals surface area (Å²) in [6.07, 6.45) is 11.3. The number of hydrogen-bond donors (Lipinski definition) is 1. The fourth-order valence-electron chi connectivity index (χ4n) is 4.10. The van der Waals surface area contributed by atoms with Crippen LogP contribution in [-0.4, -0.2) is 49.7 Å². The summed E-state index contributed by atoms with van der Waals surface area (Å²) in [5.41, 5.74) is 0. The maximum atomic E-state index is 10.4. The van der Waals surface area contributed by atoms with Crippen molar-refractivity contribution in [2.45, 2.75) is 76.9 Å². The number of rotatable bonds is 14. The monoisotopic (exact) mass is 342 g/mol. The molecule has 0 aliphatic carbocycles. The highest BCUT2D eigenvalue weighted by atomic mass is 16.5. The van der Waals surface area contributed by atoms with Crippen molar-refractivity contribution in [3.63, 3.8) is 0 Å². The van der Waals surface area contributed by atoms with E-state index in [1.165, 1.54) is 38.5 Å². The molecule has 0 saturated carbocycles. The van der Waals surface area contributed by atoms with Crippen LogP contribution >= 0.6 is 0 Å². The van der Waals surface area contributed by atoms with E-state index < -0.39 is 5.97 Å². The lowest BCUT2D eigenvalue weighted by Gasteiger charge is -2.28. The van der Waals surface area contributed by atoms with Crippen molar-refractivity contribution in [3.05, 3.63) is 0 Å². The Balaban J connectivity index is 1.59. The van der Waals surface area contributed by atoms with Crippen molar-refractivity contribution in [1.29, 1.82) is 0 Å². The smallest absolute Gasteiger partial charge is 0.329 e. The number of carboxylic acid groups (broad SMARTS) is 1. The van der Waals surface area contributed by atoms with E-state index in [2.05, 4.69) is 6.92 Å². The van der Waals surface area contributed by atoms with Crippen molar-refractivity contribution in [3.8, 4) is 0 Å². The largest absolute Gasteiger partial charge is 0.480 e. The molecule has 2 rings (SSSR count). The second-order valence-corrected chi connectivity index (χ2v) is 7.20. The van der Waals surface area contributed by atoms with E-state index in [4.69, 9.17) is 19.3 Å². The van der Waals surface area contributed by atoms with Crippen LogP contribution in [0.25, 0.3) is 0 Å². The van der Waals surface area contributed by atoms with Crippen LogP contribution in [0.3, 0.4) is 0 Å². The molecule has 0 aromatic heterocycles. The summed E-state index contributed by atoms with van der Waals surface area (Å²) >= 11 is 0. The van der Waals surface area contributed by atoms with E-state index in [1.807, 2.05) is 0 Å². The summed E-state index contributed by atoms with van der Waals surface area (Å²) in [7, 11) is 0. The SMILES string of the molecule is CCCCCCOC[C@@H]1[C@H](CCCCOCC(=O)O)[C@@H]2CC[C@H]1O2. The van der Waals surface area contributed by atoms with E-state index >= 15 is 0 Å². The second-order valence-electron chi connectivity index (χ2n) is 7.20. The van der Waals surface area contributed by atoms with Crippen LogP contribution in [0.5, 0.6) is 0 Å². The number of unbranched alkanes of at least 4 members (excludes halogenated alkanes) is 4. The minimum absolute atomic E-state index is 0.189. The molecule has 24 heavy (non-hydrogen) atoms. The van der Waals surface area contributed by atoms with Crippen LogP contribution in [0.2, 0.25) is 0 Å². The molecular formula is C19H34O5. The molecule has 2 heterocycles. The molecule has 0 radical (unpaired) electrons. The molecule has 0 spiro atoms. The van der Waals surface area contributed by atoms with Gasteiger partial charge >= 0.3 is 5.97 Å². The summed E-state index contributed by atoms with van der Waals surface area (Å²) in [6.45, 7) is 4.29. The minimum Gasteiger partial charge on any atom is -0.480 e. The van der Waals surface area contributed by atoms with E-state index in [1.54, 1.807) is 0 Å². The standard InChI is InChI=1S/C19H34O5/c1-2-3-4-6-11-22-13-16-15(17-9-10-18(16)24-17)8-5-7-12-23-14-19(20)21/h15-18H,2-14H2,1H3,(H,20,21)/t15-,16+,17-,18+/m0/s1. The molecule has 2 fully saturated rings. The molecule has 2 bridgehead atoms. The lowest BCUT2D eigenvalue weighted by atomic mass is 9.77. The maximum Gasteiger partial charge on any atom is 0.329 e. The van der Waals surface area contributed by atoms with Crippen molar-refractivity contribution >= 4 is 5.97 Å². The molecule has 5 nitrogen and oxygen atoms in total. The molecule has 2 aliphatic rings. The van der Waals surface area contributed by atoms with Gasteiger partial charge in [-0.25, -0.2) is 4.79 Å². The Morgan fingerprint density at radius 3 is 2.46 bits per heavy atom. The second kappa shape index (κ2) is 11.1. The topological polar surface area (TPSA) is 65.0 Å². The van der Waals surface area contributed by atoms with Crippen molar-refractivity contribution in [2.75, 3.05) is 26.4 Å². The number of carboxylic acids is 1. The summed E-state index contributed by atoms with van der Waals surface area (Å²) in [5.74, 6) is 0.265. The number of hydrogen-bond acceptors (Lipinski definition) is 4. The molecule has 1 N–H and O–H groups in total. The average Bonchev–Trinajstić information content (AvgIpc) is 3.15. The molecule has 0 unspecified atom stereocenters. The predicted octanol–water partition coefficient (Wildman–Crippen LogP) is 3.65. The van der Waals surface area contributed by atoms with Crippen molar-refractivity contribution < 1.29 is 24.1 Å². The van der Waals surface area contributed by atoms with Gasteiger partial charge in [0.05, 0.1) is 18.8 Å². The van der Waals surface area contributed by atoms with E-state index in [-0.39, 0.29) is 6.61 Å². The van der Waals surface area contributed by atoms with Crippen LogP contribution in [-0.2, 0) is 19.0 Å². The third-order valence-electron chi connectivity index (χ3n) is 5.34. The zero-order valence-corrected chi connectivity index (χ0v) is 15.1. The number of ether oxygens (including phenoxy) is 3. The first-order valence-corrected chi connectivity index (χ1v) is 9.75. The minimum atomic E-state index is -0.896. The normalized spacial score (nSPS) is 28.5. The van der Waals surface area contributed by atoms with Crippen LogP contribution in [0.1, 0.15) is 64.7 Å². The van der Waals surface area contributed by atoms with Crippen molar-refractivity contribution in [2.24, 2.45) is 11.8 Å². The molecule has 2 aliphatic heterocycles. The van der Waals surface area contributed by atoms with E-state index in [0.717, 1.165) is 32.5 Å². The molecule has 0 amide bonds. The van der Waals surface area contributed by atoms with Crippen LogP contribution < -0.4 is 0 Å². The summed E-state index contributed by atoms with van der Waals surface area (Å²) in [4.78, 5) is 10.4. The highest BCUT2D eigenvalue weighted by Crippen LogP contribution is 2.45. The number of aliphatic carboxylic acids is 1. The third-order valence-corrected chi connectivity index (χ3v) is 5.34. The van der Waals surface area contributed by atoms with Gasteiger partial charge in [-0.15, -0.1) is 0 Å². The first-order chi connectivity index (χ1) is 11.7. The van der Waals surface area contributed by atoms with Crippen LogP contribution in [0.15, 0.2) is 0 Å². The average molecular weight is 342 g/mol. The molecule has 2 saturated heterocycles. The quantitative estimate of drug-likeness (QED) is 0.488. The van der Waals surface area contributed by atoms with Crippen LogP contribution in [0, 0.1) is 11.8 Å². The fraction of sp³-hybridized carbons (Fsp3) is 0.947. The number of carbonyl (C=O) groups is 1. The molecule has 4 atom stereocenters. The summed E-state index contributed by atoms with van der Waals surface area (Å²) in [5, 5.41) is 8.54. The van der Waals surface area contributed by atoms with Gasteiger partial charge < -0.3 is 19.3 Å². The van der Waals surface area contributed by atoms with Gasteiger partial charge in [0.25, 0.3) is 0 Å². The van der Waals surface area contributed by atoms with Gasteiger partial charge in [-0.2, -0.15) is 0 Å². The Morgan fingerprint density at radius 1 is 1.00 bits per heavy atom. The van der Waals surface area contributed by atoms with Gasteiger partial charge in [0, 0.05) is 19.1 Å². The summed E-state index contributed by atoms with van der Waals surface area (Å²) in [6, 6.07) is 0. The Morgan fingerprint density at radius 2 is 1.71 bits per heavy atom.